The molecule has 0 bridgehead atoms. The van der Waals surface area contributed by atoms with E-state index in [-0.39, 0.29) is 0 Å². The van der Waals surface area contributed by atoms with Crippen LogP contribution >= 0.6 is 0 Å². The first kappa shape index (κ1) is 14.3. The van der Waals surface area contributed by atoms with Gasteiger partial charge >= 0.3 is 0 Å². The van der Waals surface area contributed by atoms with E-state index in [1.807, 2.05) is 0 Å². The topological polar surface area (TPSA) is 15.3 Å². The normalized spacial score (nSPS) is 27.2. The number of rotatable bonds is 4. The first-order valence-corrected chi connectivity index (χ1v) is 7.94. The van der Waals surface area contributed by atoms with Crippen molar-refractivity contribution in [3.05, 3.63) is 0 Å². The molecular weight excluding hydrogens is 220 g/mol. The van der Waals surface area contributed by atoms with E-state index in [9.17, 15) is 0 Å². The van der Waals surface area contributed by atoms with Gasteiger partial charge < -0.3 is 5.32 Å². The highest BCUT2D eigenvalue weighted by Gasteiger charge is 2.45. The van der Waals surface area contributed by atoms with Crippen molar-refractivity contribution in [3.8, 4) is 0 Å². The van der Waals surface area contributed by atoms with Crippen LogP contribution in [0.3, 0.4) is 0 Å². The predicted octanol–water partition coefficient (Wildman–Crippen LogP) is 3.42. The van der Waals surface area contributed by atoms with E-state index in [1.165, 1.54) is 58.2 Å². The summed E-state index contributed by atoms with van der Waals surface area (Å²) in [6.45, 7) is 13.1. The molecule has 1 heterocycles. The highest BCUT2D eigenvalue weighted by Crippen LogP contribution is 2.38. The molecule has 0 radical (unpaired) electrons. The van der Waals surface area contributed by atoms with Crippen molar-refractivity contribution in [1.82, 2.24) is 10.2 Å². The zero-order valence-electron chi connectivity index (χ0n) is 12.9. The van der Waals surface area contributed by atoms with Gasteiger partial charge in [-0.25, -0.2) is 0 Å². The molecule has 0 atom stereocenters. The molecule has 2 heteroatoms. The highest BCUT2D eigenvalue weighted by molar-refractivity contribution is 5.04. The van der Waals surface area contributed by atoms with Gasteiger partial charge in [0.1, 0.15) is 0 Å². The lowest BCUT2D eigenvalue weighted by Gasteiger charge is -2.51. The lowest BCUT2D eigenvalue weighted by Crippen LogP contribution is -2.67. The minimum absolute atomic E-state index is 0.297. The molecule has 1 spiro atoms. The third-order valence-corrected chi connectivity index (χ3v) is 4.90. The van der Waals surface area contributed by atoms with Crippen molar-refractivity contribution in [3.63, 3.8) is 0 Å². The molecular formula is C16H32N2. The van der Waals surface area contributed by atoms with E-state index in [2.05, 4.69) is 37.9 Å². The Kier molecular flexibility index (Phi) is 4.38. The lowest BCUT2D eigenvalue weighted by atomic mass is 9.86. The molecule has 0 aromatic heterocycles. The minimum atomic E-state index is 0.297. The summed E-state index contributed by atoms with van der Waals surface area (Å²) in [5.74, 6) is 0.848. The first-order valence-electron chi connectivity index (χ1n) is 7.94. The SMILES string of the molecule is CC(C)CCCN1CC(C)(C)NCC12CCCC2. The van der Waals surface area contributed by atoms with Crippen molar-refractivity contribution in [1.29, 1.82) is 0 Å². The van der Waals surface area contributed by atoms with Crippen LogP contribution in [-0.4, -0.2) is 35.6 Å². The van der Waals surface area contributed by atoms with E-state index in [0.29, 0.717) is 11.1 Å². The zero-order valence-corrected chi connectivity index (χ0v) is 12.9. The van der Waals surface area contributed by atoms with Crippen LogP contribution in [0.15, 0.2) is 0 Å². The number of hydrogen-bond acceptors (Lipinski definition) is 2. The van der Waals surface area contributed by atoms with Crippen molar-refractivity contribution in [2.75, 3.05) is 19.6 Å². The van der Waals surface area contributed by atoms with E-state index in [0.717, 1.165) is 5.92 Å². The third-order valence-electron chi connectivity index (χ3n) is 4.90. The van der Waals surface area contributed by atoms with Crippen LogP contribution in [0.25, 0.3) is 0 Å². The summed E-state index contributed by atoms with van der Waals surface area (Å²) in [4.78, 5) is 2.83. The summed E-state index contributed by atoms with van der Waals surface area (Å²) < 4.78 is 0. The van der Waals surface area contributed by atoms with Gasteiger partial charge in [0.25, 0.3) is 0 Å². The summed E-state index contributed by atoms with van der Waals surface area (Å²) in [6, 6.07) is 0. The molecule has 1 saturated heterocycles. The molecule has 0 aromatic rings. The molecule has 2 rings (SSSR count). The van der Waals surface area contributed by atoms with Gasteiger partial charge in [-0.1, -0.05) is 26.7 Å². The molecule has 0 aromatic carbocycles. The Labute approximate surface area is 114 Å². The highest BCUT2D eigenvalue weighted by atomic mass is 15.3. The maximum atomic E-state index is 3.78. The van der Waals surface area contributed by atoms with Crippen LogP contribution in [-0.2, 0) is 0 Å². The Morgan fingerprint density at radius 1 is 1.17 bits per heavy atom. The van der Waals surface area contributed by atoms with Crippen molar-refractivity contribution in [2.24, 2.45) is 5.92 Å². The van der Waals surface area contributed by atoms with Gasteiger partial charge in [0.05, 0.1) is 0 Å². The molecule has 0 unspecified atom stereocenters. The molecule has 0 amide bonds. The maximum Gasteiger partial charge on any atom is 0.0334 e. The average molecular weight is 252 g/mol. The fourth-order valence-corrected chi connectivity index (χ4v) is 3.75. The molecule has 106 valence electrons. The van der Waals surface area contributed by atoms with Crippen LogP contribution in [0, 0.1) is 5.92 Å². The second-order valence-corrected chi connectivity index (χ2v) is 7.63. The predicted molar refractivity (Wildman–Crippen MR) is 78.9 cm³/mol. The molecule has 1 aliphatic heterocycles. The lowest BCUT2D eigenvalue weighted by molar-refractivity contribution is 0.0172. The second-order valence-electron chi connectivity index (χ2n) is 7.63. The molecule has 2 nitrogen and oxygen atoms in total. The summed E-state index contributed by atoms with van der Waals surface area (Å²) in [5, 5.41) is 3.78. The minimum Gasteiger partial charge on any atom is -0.309 e. The molecule has 2 fully saturated rings. The second kappa shape index (κ2) is 5.50. The Bertz CT molecular complexity index is 264. The monoisotopic (exact) mass is 252 g/mol. The smallest absolute Gasteiger partial charge is 0.0334 e. The maximum absolute atomic E-state index is 3.78. The van der Waals surface area contributed by atoms with Gasteiger partial charge in [0, 0.05) is 24.2 Å². The summed E-state index contributed by atoms with van der Waals surface area (Å²) in [5.41, 5.74) is 0.804. The summed E-state index contributed by atoms with van der Waals surface area (Å²) >= 11 is 0. The van der Waals surface area contributed by atoms with Crippen LogP contribution in [0.1, 0.15) is 66.2 Å². The zero-order chi connectivity index (χ0) is 13.2. The summed E-state index contributed by atoms with van der Waals surface area (Å²) in [6.07, 6.45) is 8.44. The standard InChI is InChI=1S/C16H32N2/c1-14(2)8-7-11-18-13-15(3,4)17-12-16(18)9-5-6-10-16/h14,17H,5-13H2,1-4H3. The van der Waals surface area contributed by atoms with Gasteiger partial charge in [0.2, 0.25) is 0 Å². The van der Waals surface area contributed by atoms with Gasteiger partial charge in [-0.05, 0) is 52.0 Å². The molecule has 2 aliphatic rings. The van der Waals surface area contributed by atoms with Gasteiger partial charge in [-0.3, -0.25) is 4.90 Å². The Morgan fingerprint density at radius 3 is 2.44 bits per heavy atom. The first-order chi connectivity index (χ1) is 8.44. The van der Waals surface area contributed by atoms with Crippen molar-refractivity contribution in [2.45, 2.75) is 77.3 Å². The number of hydrogen-bond donors (Lipinski definition) is 1. The largest absolute Gasteiger partial charge is 0.309 e. The van der Waals surface area contributed by atoms with E-state index in [1.54, 1.807) is 0 Å². The van der Waals surface area contributed by atoms with E-state index < -0.39 is 0 Å². The van der Waals surface area contributed by atoms with Crippen LogP contribution in [0.5, 0.6) is 0 Å². The third kappa shape index (κ3) is 3.27. The molecule has 1 N–H and O–H groups in total. The molecule has 1 saturated carbocycles. The average Bonchev–Trinajstić information content (AvgIpc) is 2.73. The quantitative estimate of drug-likeness (QED) is 0.825. The van der Waals surface area contributed by atoms with Crippen molar-refractivity contribution < 1.29 is 0 Å². The molecule has 1 aliphatic carbocycles. The number of nitrogens with zero attached hydrogens (tertiary/aromatic N) is 1. The Balaban J connectivity index is 1.96. The fraction of sp³-hybridized carbons (Fsp3) is 1.00. The Hall–Kier alpha value is -0.0800. The Morgan fingerprint density at radius 2 is 1.83 bits per heavy atom. The van der Waals surface area contributed by atoms with Gasteiger partial charge in [-0.2, -0.15) is 0 Å². The van der Waals surface area contributed by atoms with E-state index >= 15 is 0 Å². The van der Waals surface area contributed by atoms with Gasteiger partial charge in [0.15, 0.2) is 0 Å². The van der Waals surface area contributed by atoms with Crippen LogP contribution < -0.4 is 5.32 Å². The number of piperazine rings is 1. The van der Waals surface area contributed by atoms with Crippen LogP contribution in [0.2, 0.25) is 0 Å². The van der Waals surface area contributed by atoms with E-state index in [4.69, 9.17) is 0 Å². The fourth-order valence-electron chi connectivity index (χ4n) is 3.75. The van der Waals surface area contributed by atoms with Gasteiger partial charge in [-0.15, -0.1) is 0 Å². The van der Waals surface area contributed by atoms with Crippen molar-refractivity contribution >= 4 is 0 Å². The number of nitrogens with one attached hydrogen (secondary N) is 1. The molecule has 18 heavy (non-hydrogen) atoms. The van der Waals surface area contributed by atoms with Crippen LogP contribution in [0.4, 0.5) is 0 Å². The summed E-state index contributed by atoms with van der Waals surface area (Å²) in [7, 11) is 0.